The molecule has 0 radical (unpaired) electrons. The van der Waals surface area contributed by atoms with E-state index in [1.807, 2.05) is 34.6 Å². The van der Waals surface area contributed by atoms with Gasteiger partial charge in [0.25, 0.3) is 0 Å². The number of nitriles is 1. The molecular weight excluding hydrogens is 587 g/mol. The highest BCUT2D eigenvalue weighted by molar-refractivity contribution is 5.96. The molecule has 1 saturated heterocycles. The molecule has 0 aromatic rings. The number of rotatable bonds is 2. The Kier molecular flexibility index (Phi) is 6.24. The molecule has 0 spiro atoms. The monoisotopic (exact) mass is 628 g/mol. The van der Waals surface area contributed by atoms with Crippen LogP contribution in [0.1, 0.15) is 86.5 Å². The highest BCUT2D eigenvalue weighted by Gasteiger charge is 2.83. The second-order valence-corrected chi connectivity index (χ2v) is 16.2. The Morgan fingerprint density at radius 1 is 1.05 bits per heavy atom. The lowest BCUT2D eigenvalue weighted by atomic mass is 9.34. The van der Waals surface area contributed by atoms with E-state index in [4.69, 9.17) is 4.74 Å². The normalized spacial score (nSPS) is 50.9. The first kappa shape index (κ1) is 31.9. The predicted molar refractivity (Wildman–Crippen MR) is 146 cm³/mol. The first-order chi connectivity index (χ1) is 19.9. The van der Waals surface area contributed by atoms with E-state index in [1.54, 1.807) is 6.08 Å². The van der Waals surface area contributed by atoms with Gasteiger partial charge in [0.05, 0.1) is 5.60 Å². The first-order valence-electron chi connectivity index (χ1n) is 15.4. The summed E-state index contributed by atoms with van der Waals surface area (Å²) in [6.07, 6.45) is -4.39. The van der Waals surface area contributed by atoms with E-state index >= 15 is 0 Å². The lowest BCUT2D eigenvalue weighted by Crippen LogP contribution is -2.72. The van der Waals surface area contributed by atoms with Crippen molar-refractivity contribution in [1.82, 2.24) is 5.32 Å². The van der Waals surface area contributed by atoms with Crippen LogP contribution < -0.4 is 5.32 Å². The lowest BCUT2D eigenvalue weighted by Gasteiger charge is -2.69. The van der Waals surface area contributed by atoms with Gasteiger partial charge < -0.3 is 20.3 Å². The van der Waals surface area contributed by atoms with Crippen LogP contribution in [0.5, 0.6) is 0 Å². The van der Waals surface area contributed by atoms with Gasteiger partial charge in [-0.2, -0.15) is 27.2 Å². The van der Waals surface area contributed by atoms with Crippen molar-refractivity contribution in [2.24, 2.45) is 39.4 Å². The Morgan fingerprint density at radius 3 is 2.25 bits per heavy atom. The van der Waals surface area contributed by atoms with Crippen LogP contribution in [0.2, 0.25) is 0 Å². The minimum Gasteiger partial charge on any atom is -0.387 e. The van der Waals surface area contributed by atoms with E-state index in [-0.39, 0.29) is 30.5 Å². The molecule has 6 aliphatic rings. The number of carbonyl (C=O) groups excluding carboxylic acids is 2. The third-order valence-corrected chi connectivity index (χ3v) is 13.6. The van der Waals surface area contributed by atoms with Gasteiger partial charge in [-0.3, -0.25) is 9.59 Å². The number of epoxide rings is 1. The molecule has 5 fully saturated rings. The van der Waals surface area contributed by atoms with E-state index in [2.05, 4.69) is 11.4 Å². The van der Waals surface area contributed by atoms with E-state index in [1.165, 1.54) is 6.92 Å². The number of allylic oxidation sites excluding steroid dienone is 1. The molecule has 12 heteroatoms. The van der Waals surface area contributed by atoms with Gasteiger partial charge in [-0.1, -0.05) is 40.2 Å². The van der Waals surface area contributed by atoms with Crippen LogP contribution in [0.25, 0.3) is 0 Å². The van der Waals surface area contributed by atoms with Crippen molar-refractivity contribution >= 4 is 11.7 Å². The Morgan fingerprint density at radius 2 is 1.66 bits per heavy atom. The number of aliphatic hydroxyl groups is 2. The van der Waals surface area contributed by atoms with Gasteiger partial charge in [-0.25, -0.2) is 0 Å². The summed E-state index contributed by atoms with van der Waals surface area (Å²) in [6.45, 7) is 11.3. The van der Waals surface area contributed by atoms with Crippen LogP contribution in [0.3, 0.4) is 0 Å². The number of nitrogens with zero attached hydrogens (tertiary/aromatic N) is 1. The molecule has 3 N–H and O–H groups in total. The zero-order valence-corrected chi connectivity index (χ0v) is 25.9. The van der Waals surface area contributed by atoms with Crippen molar-refractivity contribution in [3.8, 4) is 6.07 Å². The fourth-order valence-electron chi connectivity index (χ4n) is 11.0. The number of hydrogen-bond donors (Lipinski definition) is 3. The molecule has 7 nitrogen and oxygen atoms in total. The van der Waals surface area contributed by atoms with Crippen molar-refractivity contribution in [3.05, 3.63) is 11.6 Å². The SMILES string of the molecule is CC1(C)CC[C@]2(NC(=O)C(F)(F)C(F)(F)F)CC[C@]3(C)C(C(=O)C=C4[C@@]5(C)[C@H]6O[C@@]6(C#N)C(O)[C@@](C)(O)[C@@H]5CC[C@]43C)C2C1. The van der Waals surface area contributed by atoms with Crippen LogP contribution in [-0.4, -0.2) is 63.0 Å². The molecule has 4 saturated carbocycles. The summed E-state index contributed by atoms with van der Waals surface area (Å²) < 4.78 is 74.1. The average Bonchev–Trinajstić information content (AvgIpc) is 3.66. The molecule has 6 rings (SSSR count). The quantitative estimate of drug-likeness (QED) is 0.292. The van der Waals surface area contributed by atoms with Gasteiger partial charge in [0.2, 0.25) is 5.60 Å². The Balaban J connectivity index is 1.46. The third-order valence-electron chi connectivity index (χ3n) is 13.6. The average molecular weight is 629 g/mol. The number of nitrogens with one attached hydrogen (secondary N) is 1. The van der Waals surface area contributed by atoms with Crippen LogP contribution in [0.15, 0.2) is 11.6 Å². The van der Waals surface area contributed by atoms with Crippen molar-refractivity contribution in [1.29, 1.82) is 5.26 Å². The van der Waals surface area contributed by atoms with Gasteiger partial charge in [-0.05, 0) is 80.1 Å². The Labute approximate surface area is 253 Å². The highest BCUT2D eigenvalue weighted by atomic mass is 19.4. The molecule has 3 unspecified atom stereocenters. The molecule has 0 aromatic carbocycles. The van der Waals surface area contributed by atoms with E-state index in [9.17, 15) is 47.0 Å². The minimum absolute atomic E-state index is 0.120. The van der Waals surface area contributed by atoms with Crippen LogP contribution in [0.4, 0.5) is 22.0 Å². The number of halogens is 5. The smallest absolute Gasteiger partial charge is 0.387 e. The molecule has 0 aromatic heterocycles. The summed E-state index contributed by atoms with van der Waals surface area (Å²) in [5, 5.41) is 34.9. The molecule has 0 bridgehead atoms. The van der Waals surface area contributed by atoms with Crippen LogP contribution in [0, 0.1) is 50.7 Å². The van der Waals surface area contributed by atoms with Gasteiger partial charge in [0.1, 0.15) is 18.3 Å². The van der Waals surface area contributed by atoms with Crippen molar-refractivity contribution in [2.45, 2.75) is 128 Å². The minimum atomic E-state index is -6.06. The number of fused-ring (bicyclic) bond motifs is 9. The summed E-state index contributed by atoms with van der Waals surface area (Å²) in [6, 6.07) is 2.07. The maximum Gasteiger partial charge on any atom is 0.463 e. The summed E-state index contributed by atoms with van der Waals surface area (Å²) >= 11 is 0. The summed E-state index contributed by atoms with van der Waals surface area (Å²) in [5.41, 5.74) is -6.85. The second kappa shape index (κ2) is 8.62. The topological polar surface area (TPSA) is 123 Å². The fraction of sp³-hybridized carbons (Fsp3) is 0.844. The number of ketones is 1. The summed E-state index contributed by atoms with van der Waals surface area (Å²) in [4.78, 5) is 27.1. The molecule has 1 aliphatic heterocycles. The van der Waals surface area contributed by atoms with Crippen molar-refractivity contribution < 1.29 is 46.5 Å². The maximum atomic E-state index is 14.5. The van der Waals surface area contributed by atoms with Gasteiger partial charge in [-0.15, -0.1) is 0 Å². The number of amides is 1. The first-order valence-corrected chi connectivity index (χ1v) is 15.4. The van der Waals surface area contributed by atoms with Crippen LogP contribution >= 0.6 is 0 Å². The number of carbonyl (C=O) groups is 2. The summed E-state index contributed by atoms with van der Waals surface area (Å²) in [7, 11) is 0. The van der Waals surface area contributed by atoms with Crippen molar-refractivity contribution in [3.63, 3.8) is 0 Å². The summed E-state index contributed by atoms with van der Waals surface area (Å²) in [5.74, 6) is -10.3. The molecular formula is C32H41F5N2O5. The van der Waals surface area contributed by atoms with Gasteiger partial charge >= 0.3 is 18.0 Å². The van der Waals surface area contributed by atoms with Gasteiger partial charge in [0.15, 0.2) is 5.78 Å². The second-order valence-electron chi connectivity index (χ2n) is 16.2. The number of aliphatic hydroxyl groups excluding tert-OH is 1. The molecule has 44 heavy (non-hydrogen) atoms. The highest BCUT2D eigenvalue weighted by Crippen LogP contribution is 2.76. The molecule has 1 amide bonds. The number of ether oxygens (including phenoxy) is 1. The molecule has 11 atom stereocenters. The molecule has 1 heterocycles. The standard InChI is InChI=1S/C32H41F5N2O5/c1-24(2)9-11-29(39-23(42)31(33,34)32(35,36)37)12-10-26(4)20(16(29)14-24)17(40)13-19-25(26,3)8-7-18-27(19,5)22-30(15-38,44-22)21(41)28(18,6)43/h13,16,18,20-22,41,43H,7-12,14H2,1-6H3,(H,39,42)/t16?,18-,20?,21?,22-,25-,26-,27+,28+,29+,30+/m1/s1. The van der Waals surface area contributed by atoms with Crippen LogP contribution in [-0.2, 0) is 14.3 Å². The fourth-order valence-corrected chi connectivity index (χ4v) is 11.0. The lowest BCUT2D eigenvalue weighted by molar-refractivity contribution is -0.271. The van der Waals surface area contributed by atoms with E-state index in [0.29, 0.717) is 25.7 Å². The Bertz CT molecular complexity index is 1400. The third kappa shape index (κ3) is 3.58. The Hall–Kier alpha value is -2.10. The zero-order valence-electron chi connectivity index (χ0n) is 25.9. The van der Waals surface area contributed by atoms with E-state index < -0.39 is 81.0 Å². The zero-order chi connectivity index (χ0) is 32.9. The molecule has 5 aliphatic carbocycles. The van der Waals surface area contributed by atoms with Gasteiger partial charge in [0, 0.05) is 22.8 Å². The van der Waals surface area contributed by atoms with E-state index in [0.717, 1.165) is 5.57 Å². The predicted octanol–water partition coefficient (Wildman–Crippen LogP) is 5.00. The maximum absolute atomic E-state index is 14.5. The number of alkyl halides is 5. The largest absolute Gasteiger partial charge is 0.463 e. The molecule has 244 valence electrons. The number of hydrogen-bond acceptors (Lipinski definition) is 6. The van der Waals surface area contributed by atoms with Crippen molar-refractivity contribution in [2.75, 3.05) is 0 Å².